The van der Waals surface area contributed by atoms with Crippen LogP contribution in [0.2, 0.25) is 0 Å². The molecule has 1 saturated heterocycles. The van der Waals surface area contributed by atoms with Gasteiger partial charge in [-0.15, -0.1) is 0 Å². The monoisotopic (exact) mass is 294 g/mol. The highest BCUT2D eigenvalue weighted by atomic mass is 32.2. The predicted octanol–water partition coefficient (Wildman–Crippen LogP) is -1.28. The van der Waals surface area contributed by atoms with Crippen LogP contribution in [-0.4, -0.2) is 80.9 Å². The third-order valence-electron chi connectivity index (χ3n) is 2.99. The minimum Gasteiger partial charge on any atom is -0.409 e. The number of piperazine rings is 1. The molecule has 1 aliphatic rings. The first-order valence-electron chi connectivity index (χ1n) is 6.15. The van der Waals surface area contributed by atoms with E-state index >= 15 is 0 Å². The molecule has 0 radical (unpaired) electrons. The van der Waals surface area contributed by atoms with Crippen molar-refractivity contribution in [2.45, 2.75) is 6.42 Å². The van der Waals surface area contributed by atoms with Crippen molar-refractivity contribution in [1.29, 1.82) is 0 Å². The lowest BCUT2D eigenvalue weighted by molar-refractivity contribution is 0.195. The fourth-order valence-corrected chi connectivity index (χ4v) is 3.40. The molecule has 0 unspecified atom stereocenters. The van der Waals surface area contributed by atoms with Crippen LogP contribution in [0.5, 0.6) is 0 Å². The van der Waals surface area contributed by atoms with E-state index in [1.807, 2.05) is 4.90 Å². The number of amidine groups is 1. The second kappa shape index (κ2) is 7.63. The second-order valence-electron chi connectivity index (χ2n) is 4.43. The molecule has 0 amide bonds. The first kappa shape index (κ1) is 16.2. The quantitative estimate of drug-likeness (QED) is 0.199. The Labute approximate surface area is 113 Å². The molecule has 19 heavy (non-hydrogen) atoms. The van der Waals surface area contributed by atoms with Gasteiger partial charge in [0.1, 0.15) is 0 Å². The summed E-state index contributed by atoms with van der Waals surface area (Å²) in [4.78, 5) is 1.95. The van der Waals surface area contributed by atoms with Crippen molar-refractivity contribution in [2.24, 2.45) is 10.9 Å². The average Bonchev–Trinajstić information content (AvgIpc) is 2.39. The van der Waals surface area contributed by atoms with Crippen molar-refractivity contribution in [2.75, 3.05) is 52.2 Å². The number of methoxy groups -OCH3 is 1. The van der Waals surface area contributed by atoms with Gasteiger partial charge in [0.25, 0.3) is 0 Å². The van der Waals surface area contributed by atoms with Gasteiger partial charge in [0.05, 0.1) is 12.3 Å². The SMILES string of the molecule is COCCCS(=O)(=O)N1CCN(C/C(N)=N/O)CC1. The van der Waals surface area contributed by atoms with Gasteiger partial charge in [-0.1, -0.05) is 5.16 Å². The van der Waals surface area contributed by atoms with Gasteiger partial charge in [-0.2, -0.15) is 4.31 Å². The lowest BCUT2D eigenvalue weighted by Crippen LogP contribution is -2.51. The molecule has 3 N–H and O–H groups in total. The third-order valence-corrected chi connectivity index (χ3v) is 4.95. The number of rotatable bonds is 7. The van der Waals surface area contributed by atoms with Crippen LogP contribution in [-0.2, 0) is 14.8 Å². The topological polar surface area (TPSA) is 108 Å². The summed E-state index contributed by atoms with van der Waals surface area (Å²) in [5.74, 6) is 0.248. The lowest BCUT2D eigenvalue weighted by atomic mass is 10.3. The van der Waals surface area contributed by atoms with Gasteiger partial charge in [0.15, 0.2) is 5.84 Å². The first-order valence-corrected chi connectivity index (χ1v) is 7.76. The summed E-state index contributed by atoms with van der Waals surface area (Å²) in [7, 11) is -1.64. The van der Waals surface area contributed by atoms with Crippen molar-refractivity contribution in [3.8, 4) is 0 Å². The first-order chi connectivity index (χ1) is 8.99. The third kappa shape index (κ3) is 5.31. The van der Waals surface area contributed by atoms with E-state index in [1.54, 1.807) is 7.11 Å². The number of hydrogen-bond donors (Lipinski definition) is 2. The number of nitrogens with zero attached hydrogens (tertiary/aromatic N) is 3. The zero-order valence-electron chi connectivity index (χ0n) is 11.2. The largest absolute Gasteiger partial charge is 0.409 e. The van der Waals surface area contributed by atoms with E-state index < -0.39 is 10.0 Å². The van der Waals surface area contributed by atoms with Crippen molar-refractivity contribution in [1.82, 2.24) is 9.21 Å². The van der Waals surface area contributed by atoms with E-state index in [-0.39, 0.29) is 11.6 Å². The fraction of sp³-hybridized carbons (Fsp3) is 0.900. The average molecular weight is 294 g/mol. The Morgan fingerprint density at radius 2 is 2.00 bits per heavy atom. The van der Waals surface area contributed by atoms with E-state index in [4.69, 9.17) is 15.7 Å². The van der Waals surface area contributed by atoms with Gasteiger partial charge >= 0.3 is 0 Å². The summed E-state index contributed by atoms with van der Waals surface area (Å²) in [6, 6.07) is 0. The van der Waals surface area contributed by atoms with Crippen LogP contribution in [0.4, 0.5) is 0 Å². The Morgan fingerprint density at radius 3 is 2.53 bits per heavy atom. The predicted molar refractivity (Wildman–Crippen MR) is 71.7 cm³/mol. The van der Waals surface area contributed by atoms with E-state index in [0.717, 1.165) is 0 Å². The molecule has 0 aliphatic carbocycles. The van der Waals surface area contributed by atoms with Crippen LogP contribution >= 0.6 is 0 Å². The maximum absolute atomic E-state index is 12.0. The standard InChI is InChI=1S/C10H22N4O4S/c1-18-7-2-8-19(16,17)14-5-3-13(4-6-14)9-10(11)12-15/h15H,2-9H2,1H3,(H2,11,12). The molecule has 112 valence electrons. The van der Waals surface area contributed by atoms with E-state index in [0.29, 0.717) is 45.8 Å². The Kier molecular flexibility index (Phi) is 6.49. The zero-order chi connectivity index (χ0) is 14.3. The Balaban J connectivity index is 2.40. The van der Waals surface area contributed by atoms with E-state index in [9.17, 15) is 8.42 Å². The van der Waals surface area contributed by atoms with Crippen molar-refractivity contribution < 1.29 is 18.4 Å². The van der Waals surface area contributed by atoms with Gasteiger partial charge in [0.2, 0.25) is 10.0 Å². The van der Waals surface area contributed by atoms with Gasteiger partial charge in [-0.05, 0) is 6.42 Å². The lowest BCUT2D eigenvalue weighted by Gasteiger charge is -2.33. The van der Waals surface area contributed by atoms with Crippen molar-refractivity contribution >= 4 is 15.9 Å². The Bertz CT molecular complexity index is 390. The summed E-state index contributed by atoms with van der Waals surface area (Å²) in [6.07, 6.45) is 0.503. The van der Waals surface area contributed by atoms with Crippen LogP contribution in [0.25, 0.3) is 0 Å². The zero-order valence-corrected chi connectivity index (χ0v) is 12.0. The molecule has 0 bridgehead atoms. The molecule has 0 aromatic rings. The molecular weight excluding hydrogens is 272 g/mol. The molecule has 1 heterocycles. The van der Waals surface area contributed by atoms with Crippen molar-refractivity contribution in [3.63, 3.8) is 0 Å². The van der Waals surface area contributed by atoms with Crippen LogP contribution < -0.4 is 5.73 Å². The number of hydrogen-bond acceptors (Lipinski definition) is 6. The van der Waals surface area contributed by atoms with Crippen LogP contribution in [0.1, 0.15) is 6.42 Å². The fourth-order valence-electron chi connectivity index (χ4n) is 1.94. The van der Waals surface area contributed by atoms with Crippen LogP contribution in [0.3, 0.4) is 0 Å². The van der Waals surface area contributed by atoms with Crippen molar-refractivity contribution in [3.05, 3.63) is 0 Å². The molecule has 1 fully saturated rings. The molecule has 0 aromatic heterocycles. The molecule has 1 rings (SSSR count). The number of oxime groups is 1. The van der Waals surface area contributed by atoms with Gasteiger partial charge in [-0.3, -0.25) is 4.90 Å². The molecule has 8 nitrogen and oxygen atoms in total. The number of sulfonamides is 1. The number of ether oxygens (including phenoxy) is 1. The summed E-state index contributed by atoms with van der Waals surface area (Å²) in [6.45, 7) is 2.85. The second-order valence-corrected chi connectivity index (χ2v) is 6.52. The summed E-state index contributed by atoms with van der Waals surface area (Å²) < 4.78 is 30.4. The molecular formula is C10H22N4O4S. The Morgan fingerprint density at radius 1 is 1.37 bits per heavy atom. The maximum atomic E-state index is 12.0. The Hall–Kier alpha value is -0.900. The minimum absolute atomic E-state index is 0.112. The molecule has 0 aromatic carbocycles. The van der Waals surface area contributed by atoms with Gasteiger partial charge < -0.3 is 15.7 Å². The summed E-state index contributed by atoms with van der Waals surface area (Å²) in [5.41, 5.74) is 5.42. The number of nitrogens with two attached hydrogens (primary N) is 1. The van der Waals surface area contributed by atoms with Gasteiger partial charge in [0, 0.05) is 39.9 Å². The maximum Gasteiger partial charge on any atom is 0.214 e. The summed E-state index contributed by atoms with van der Waals surface area (Å²) in [5, 5.41) is 11.4. The molecule has 9 heteroatoms. The highest BCUT2D eigenvalue weighted by Crippen LogP contribution is 2.09. The van der Waals surface area contributed by atoms with E-state index in [2.05, 4.69) is 5.16 Å². The van der Waals surface area contributed by atoms with Crippen LogP contribution in [0, 0.1) is 0 Å². The molecule has 0 saturated carbocycles. The molecule has 0 atom stereocenters. The highest BCUT2D eigenvalue weighted by Gasteiger charge is 2.26. The van der Waals surface area contributed by atoms with E-state index in [1.165, 1.54) is 4.31 Å². The molecule has 0 spiro atoms. The van der Waals surface area contributed by atoms with Crippen LogP contribution in [0.15, 0.2) is 5.16 Å². The highest BCUT2D eigenvalue weighted by molar-refractivity contribution is 7.89. The molecule has 1 aliphatic heterocycles. The van der Waals surface area contributed by atoms with Gasteiger partial charge in [-0.25, -0.2) is 8.42 Å². The minimum atomic E-state index is -3.20. The normalized spacial score (nSPS) is 19.7. The smallest absolute Gasteiger partial charge is 0.214 e. The summed E-state index contributed by atoms with van der Waals surface area (Å²) >= 11 is 0.